The first-order valence-corrected chi connectivity index (χ1v) is 12.6. The van der Waals surface area contributed by atoms with Gasteiger partial charge in [-0.2, -0.15) is 0 Å². The molecular formula is C28H14Cl2N4O5. The molecule has 39 heavy (non-hydrogen) atoms. The molecule has 1 unspecified atom stereocenters. The molecule has 0 amide bonds. The summed E-state index contributed by atoms with van der Waals surface area (Å²) in [6.45, 7) is 0.156. The third-order valence-corrected chi connectivity index (χ3v) is 7.54. The number of aromatic nitrogens is 4. The molecule has 2 aliphatic rings. The fourth-order valence-electron chi connectivity index (χ4n) is 5.16. The summed E-state index contributed by atoms with van der Waals surface area (Å²) in [6, 6.07) is 17.8. The number of fused-ring (bicyclic) bond motifs is 7. The maximum absolute atomic E-state index is 13.5. The van der Waals surface area contributed by atoms with Crippen LogP contribution in [-0.2, 0) is 0 Å². The van der Waals surface area contributed by atoms with Crippen molar-refractivity contribution >= 4 is 39.8 Å². The van der Waals surface area contributed by atoms with Gasteiger partial charge in [-0.05, 0) is 42.5 Å². The first-order chi connectivity index (χ1) is 19.1. The van der Waals surface area contributed by atoms with E-state index >= 15 is 0 Å². The molecule has 8 rings (SSSR count). The van der Waals surface area contributed by atoms with Crippen molar-refractivity contribution in [1.82, 2.24) is 19.6 Å². The largest absolute Gasteiger partial charge is 0.454 e. The van der Waals surface area contributed by atoms with Gasteiger partial charge in [0.05, 0.1) is 22.4 Å². The Hall–Kier alpha value is -4.60. The second kappa shape index (κ2) is 8.20. The summed E-state index contributed by atoms with van der Waals surface area (Å²) >= 11 is 13.5. The van der Waals surface area contributed by atoms with Gasteiger partial charge in [-0.3, -0.25) is 0 Å². The van der Waals surface area contributed by atoms with Crippen LogP contribution in [0.3, 0.4) is 0 Å². The minimum Gasteiger partial charge on any atom is -0.454 e. The SMILES string of the molecule is O=c1oc2ccccc2c2c1C(c1c(Cl)cccc1Cl)c1c(ncn3nc(-c4ccc5c(c4)OCO5)nc13)O2. The Morgan fingerprint density at radius 3 is 2.59 bits per heavy atom. The molecule has 0 spiro atoms. The Morgan fingerprint density at radius 2 is 1.72 bits per heavy atom. The highest BCUT2D eigenvalue weighted by molar-refractivity contribution is 6.36. The third-order valence-electron chi connectivity index (χ3n) is 6.88. The van der Waals surface area contributed by atoms with Crippen molar-refractivity contribution < 1.29 is 18.6 Å². The molecule has 0 saturated carbocycles. The molecule has 0 aliphatic carbocycles. The molecule has 11 heteroatoms. The molecule has 0 N–H and O–H groups in total. The molecule has 5 heterocycles. The van der Waals surface area contributed by atoms with E-state index in [0.717, 1.165) is 0 Å². The maximum atomic E-state index is 13.5. The molecule has 190 valence electrons. The molecule has 6 aromatic rings. The number of hydrogen-bond acceptors (Lipinski definition) is 8. The minimum atomic E-state index is -0.796. The molecule has 3 aromatic heterocycles. The topological polar surface area (TPSA) is 101 Å². The van der Waals surface area contributed by atoms with E-state index in [1.165, 1.54) is 10.8 Å². The van der Waals surface area contributed by atoms with Crippen molar-refractivity contribution in [3.8, 4) is 34.5 Å². The van der Waals surface area contributed by atoms with Gasteiger partial charge in [-0.25, -0.2) is 19.3 Å². The zero-order chi connectivity index (χ0) is 26.2. The molecule has 3 aromatic carbocycles. The van der Waals surface area contributed by atoms with Crippen LogP contribution in [0.5, 0.6) is 23.1 Å². The number of nitrogens with zero attached hydrogens (tertiary/aromatic N) is 4. The number of para-hydroxylation sites is 1. The van der Waals surface area contributed by atoms with Gasteiger partial charge in [-0.15, -0.1) is 5.10 Å². The molecule has 2 aliphatic heterocycles. The quantitative estimate of drug-likeness (QED) is 0.231. The van der Waals surface area contributed by atoms with E-state index in [-0.39, 0.29) is 18.2 Å². The average Bonchev–Trinajstić information content (AvgIpc) is 3.59. The van der Waals surface area contributed by atoms with Crippen LogP contribution < -0.4 is 19.8 Å². The summed E-state index contributed by atoms with van der Waals surface area (Å²) in [5.41, 5.74) is 2.20. The lowest BCUT2D eigenvalue weighted by molar-refractivity contribution is 0.174. The number of halogens is 2. The van der Waals surface area contributed by atoms with Gasteiger partial charge in [0, 0.05) is 21.2 Å². The van der Waals surface area contributed by atoms with E-state index in [4.69, 9.17) is 46.8 Å². The van der Waals surface area contributed by atoms with Crippen LogP contribution in [0.25, 0.3) is 28.0 Å². The Balaban J connectivity index is 1.43. The highest BCUT2D eigenvalue weighted by atomic mass is 35.5. The lowest BCUT2D eigenvalue weighted by atomic mass is 9.84. The summed E-state index contributed by atoms with van der Waals surface area (Å²) in [4.78, 5) is 22.9. The highest BCUT2D eigenvalue weighted by Crippen LogP contribution is 2.51. The molecule has 9 nitrogen and oxygen atoms in total. The minimum absolute atomic E-state index is 0.156. The highest BCUT2D eigenvalue weighted by Gasteiger charge is 2.39. The van der Waals surface area contributed by atoms with Crippen molar-refractivity contribution in [2.75, 3.05) is 6.79 Å². The van der Waals surface area contributed by atoms with Gasteiger partial charge in [-0.1, -0.05) is 41.4 Å². The molecule has 0 saturated heterocycles. The van der Waals surface area contributed by atoms with Gasteiger partial charge in [0.2, 0.25) is 12.7 Å². The summed E-state index contributed by atoms with van der Waals surface area (Å²) in [7, 11) is 0. The number of benzene rings is 3. The predicted molar refractivity (Wildman–Crippen MR) is 142 cm³/mol. The van der Waals surface area contributed by atoms with Crippen LogP contribution in [0.1, 0.15) is 22.6 Å². The summed E-state index contributed by atoms with van der Waals surface area (Å²) < 4.78 is 24.5. The molecule has 0 radical (unpaired) electrons. The summed E-state index contributed by atoms with van der Waals surface area (Å²) in [6.07, 6.45) is 1.52. The van der Waals surface area contributed by atoms with E-state index in [9.17, 15) is 4.79 Å². The first-order valence-electron chi connectivity index (χ1n) is 11.9. The average molecular weight is 557 g/mol. The smallest absolute Gasteiger partial charge is 0.344 e. The van der Waals surface area contributed by atoms with Gasteiger partial charge >= 0.3 is 5.63 Å². The second-order valence-electron chi connectivity index (χ2n) is 9.03. The van der Waals surface area contributed by atoms with Gasteiger partial charge in [0.15, 0.2) is 28.7 Å². The lowest BCUT2D eigenvalue weighted by Gasteiger charge is -2.28. The lowest BCUT2D eigenvalue weighted by Crippen LogP contribution is -2.22. The molecular weight excluding hydrogens is 543 g/mol. The van der Waals surface area contributed by atoms with E-state index in [1.54, 1.807) is 36.4 Å². The summed E-state index contributed by atoms with van der Waals surface area (Å²) in [5.74, 6) is 1.48. The van der Waals surface area contributed by atoms with Gasteiger partial charge < -0.3 is 18.6 Å². The zero-order valence-electron chi connectivity index (χ0n) is 19.7. The zero-order valence-corrected chi connectivity index (χ0v) is 21.2. The van der Waals surface area contributed by atoms with E-state index in [2.05, 4.69) is 10.1 Å². The summed E-state index contributed by atoms with van der Waals surface area (Å²) in [5, 5.41) is 6.01. The first kappa shape index (κ1) is 22.4. The van der Waals surface area contributed by atoms with E-state index in [1.807, 2.05) is 24.3 Å². The third kappa shape index (κ3) is 3.27. The number of rotatable bonds is 2. The normalized spacial score (nSPS) is 15.3. The van der Waals surface area contributed by atoms with Crippen LogP contribution in [0.2, 0.25) is 10.0 Å². The Morgan fingerprint density at radius 1 is 0.897 bits per heavy atom. The van der Waals surface area contributed by atoms with Crippen molar-refractivity contribution in [3.63, 3.8) is 0 Å². The van der Waals surface area contributed by atoms with Crippen molar-refractivity contribution in [1.29, 1.82) is 0 Å². The van der Waals surface area contributed by atoms with Gasteiger partial charge in [0.25, 0.3) is 0 Å². The fraction of sp³-hybridized carbons (Fsp3) is 0.0714. The van der Waals surface area contributed by atoms with Crippen LogP contribution in [0.15, 0.2) is 76.2 Å². The number of hydrogen-bond donors (Lipinski definition) is 0. The van der Waals surface area contributed by atoms with E-state index in [0.29, 0.717) is 66.4 Å². The number of ether oxygens (including phenoxy) is 3. The predicted octanol–water partition coefficient (Wildman–Crippen LogP) is 6.22. The van der Waals surface area contributed by atoms with Crippen molar-refractivity contribution in [2.24, 2.45) is 0 Å². The van der Waals surface area contributed by atoms with Crippen LogP contribution in [-0.4, -0.2) is 26.4 Å². The molecule has 0 fully saturated rings. The van der Waals surface area contributed by atoms with Crippen molar-refractivity contribution in [3.05, 3.63) is 104 Å². The van der Waals surface area contributed by atoms with E-state index < -0.39 is 11.5 Å². The standard InChI is InChI=1S/C28H14Cl2N4O5/c29-15-5-3-6-16(30)20(15)21-22-24(14-4-1-2-7-17(14)38-28(22)35)39-27-23(21)26-32-25(33-34(26)11-31-27)13-8-9-18-19(10-13)37-12-36-18/h1-11,21H,12H2. The monoisotopic (exact) mass is 556 g/mol. The Bertz CT molecular complexity index is 2030. The Labute approximate surface area is 229 Å². The maximum Gasteiger partial charge on any atom is 0.344 e. The van der Waals surface area contributed by atoms with Crippen LogP contribution in [0, 0.1) is 0 Å². The molecule has 1 atom stereocenters. The second-order valence-corrected chi connectivity index (χ2v) is 9.85. The van der Waals surface area contributed by atoms with Gasteiger partial charge in [0.1, 0.15) is 11.9 Å². The van der Waals surface area contributed by atoms with Crippen LogP contribution >= 0.6 is 23.2 Å². The van der Waals surface area contributed by atoms with Crippen LogP contribution in [0.4, 0.5) is 0 Å². The fourth-order valence-corrected chi connectivity index (χ4v) is 5.78. The van der Waals surface area contributed by atoms with Crippen molar-refractivity contribution in [2.45, 2.75) is 5.92 Å². The Kier molecular flexibility index (Phi) is 4.71. The molecule has 0 bridgehead atoms.